The van der Waals surface area contributed by atoms with Gasteiger partial charge in [0.2, 0.25) is 0 Å². The van der Waals surface area contributed by atoms with Crippen LogP contribution in [0.5, 0.6) is 0 Å². The smallest absolute Gasteiger partial charge is 0.410 e. The fourth-order valence-electron chi connectivity index (χ4n) is 9.33. The molecule has 3 fully saturated rings. The Balaban J connectivity index is 1.64. The Kier molecular flexibility index (Phi) is 12.3. The van der Waals surface area contributed by atoms with Gasteiger partial charge in [0.05, 0.1) is 37.0 Å². The lowest BCUT2D eigenvalue weighted by Gasteiger charge is -2.48. The number of carbonyl (C=O) groups excluding carboxylic acids is 3. The minimum atomic E-state index is -1.20. The SMILES string of the molecule is CC(C)[C@H]1OC(=O)[C@H](C)C(=O)[C@H](C)[C@@H](O[C@H]2O[C@@H](C)C[C@@H](N(C)C)C2O)[C@@](C)(OCc2ccccc2)C[C@@H](C)C2=NCCN3C(=O)O[C@@]1(C)C3[C@H]2C. The number of benzene rings is 1. The van der Waals surface area contributed by atoms with Gasteiger partial charge in [0.1, 0.15) is 18.1 Å². The summed E-state index contributed by atoms with van der Waals surface area (Å²) in [5.41, 5.74) is -0.529. The van der Waals surface area contributed by atoms with Gasteiger partial charge >= 0.3 is 12.1 Å². The van der Waals surface area contributed by atoms with E-state index in [0.29, 0.717) is 25.9 Å². The van der Waals surface area contributed by atoms with Crippen LogP contribution in [0.3, 0.4) is 0 Å². The summed E-state index contributed by atoms with van der Waals surface area (Å²) in [5, 5.41) is 11.6. The first-order valence-electron chi connectivity index (χ1n) is 19.0. The molecule has 12 nitrogen and oxygen atoms in total. The average molecular weight is 728 g/mol. The van der Waals surface area contributed by atoms with E-state index in [1.807, 2.05) is 83.9 Å². The van der Waals surface area contributed by atoms with Crippen molar-refractivity contribution in [2.75, 3.05) is 27.2 Å². The molecule has 0 spiro atoms. The molecule has 0 radical (unpaired) electrons. The maximum Gasteiger partial charge on any atom is 0.410 e. The highest BCUT2D eigenvalue weighted by Gasteiger charge is 2.61. The number of likely N-dealkylation sites (N-methyl/N-ethyl adjacent to an activating group) is 1. The predicted molar refractivity (Wildman–Crippen MR) is 196 cm³/mol. The van der Waals surface area contributed by atoms with Crippen LogP contribution < -0.4 is 0 Å². The van der Waals surface area contributed by atoms with Gasteiger partial charge in [0, 0.05) is 30.1 Å². The molecule has 4 aliphatic heterocycles. The predicted octanol–water partition coefficient (Wildman–Crippen LogP) is 4.89. The molecule has 3 saturated heterocycles. The van der Waals surface area contributed by atoms with Crippen molar-refractivity contribution in [3.63, 3.8) is 0 Å². The Morgan fingerprint density at radius 1 is 1.04 bits per heavy atom. The first-order chi connectivity index (χ1) is 24.4. The number of nitrogens with zero attached hydrogens (tertiary/aromatic N) is 3. The molecule has 52 heavy (non-hydrogen) atoms. The zero-order valence-electron chi connectivity index (χ0n) is 32.9. The van der Waals surface area contributed by atoms with Crippen molar-refractivity contribution in [3.05, 3.63) is 35.9 Å². The molecule has 0 saturated carbocycles. The molecule has 1 aromatic carbocycles. The molecule has 13 atom stereocenters. The van der Waals surface area contributed by atoms with E-state index in [-0.39, 0.29) is 36.5 Å². The Morgan fingerprint density at radius 2 is 1.71 bits per heavy atom. The number of ketones is 1. The molecule has 1 N–H and O–H groups in total. The monoisotopic (exact) mass is 727 g/mol. The largest absolute Gasteiger partial charge is 0.457 e. The Hall–Kier alpha value is -2.90. The molecular weight excluding hydrogens is 666 g/mol. The number of fused-ring (bicyclic) bond motifs is 1. The van der Waals surface area contributed by atoms with Crippen LogP contribution in [-0.4, -0.2) is 120 Å². The van der Waals surface area contributed by atoms with Crippen LogP contribution >= 0.6 is 0 Å². The zero-order valence-corrected chi connectivity index (χ0v) is 32.9. The minimum Gasteiger partial charge on any atom is -0.457 e. The van der Waals surface area contributed by atoms with E-state index in [4.69, 9.17) is 28.7 Å². The van der Waals surface area contributed by atoms with Gasteiger partial charge in [0.25, 0.3) is 0 Å². The maximum atomic E-state index is 14.5. The van der Waals surface area contributed by atoms with E-state index in [1.54, 1.807) is 18.7 Å². The van der Waals surface area contributed by atoms with E-state index in [0.717, 1.165) is 11.3 Å². The highest BCUT2D eigenvalue weighted by atomic mass is 16.7. The minimum absolute atomic E-state index is 0.199. The van der Waals surface area contributed by atoms with Crippen molar-refractivity contribution in [1.29, 1.82) is 0 Å². The van der Waals surface area contributed by atoms with E-state index in [9.17, 15) is 19.5 Å². The third-order valence-corrected chi connectivity index (χ3v) is 11.9. The molecule has 1 aromatic rings. The third-order valence-electron chi connectivity index (χ3n) is 11.9. The summed E-state index contributed by atoms with van der Waals surface area (Å²) in [6.07, 6.45) is -3.57. The lowest BCUT2D eigenvalue weighted by Crippen LogP contribution is -2.60. The highest BCUT2D eigenvalue weighted by Crippen LogP contribution is 2.45. The molecular formula is C40H61N3O9. The fourth-order valence-corrected chi connectivity index (χ4v) is 9.33. The summed E-state index contributed by atoms with van der Waals surface area (Å²) in [4.78, 5) is 50.9. The lowest BCUT2D eigenvalue weighted by atomic mass is 9.72. The molecule has 4 heterocycles. The van der Waals surface area contributed by atoms with Gasteiger partial charge in [-0.1, -0.05) is 65.0 Å². The van der Waals surface area contributed by atoms with Gasteiger partial charge < -0.3 is 33.7 Å². The molecule has 2 unspecified atom stereocenters. The van der Waals surface area contributed by atoms with Crippen molar-refractivity contribution in [3.8, 4) is 0 Å². The number of amides is 1. The number of Topliss-reactive ketones (excluding diaryl/α,β-unsaturated/α-hetero) is 1. The first kappa shape index (κ1) is 40.3. The van der Waals surface area contributed by atoms with E-state index in [1.165, 1.54) is 0 Å². The standard InChI is InChI=1S/C40H61N3O9/c1-22(2)34-40(9)33-25(5)30(41-17-18-43(33)38(47)52-40)23(3)20-39(8,48-21-28-15-13-12-14-16-28)35(26(6)31(44)27(7)36(46)50-34)51-37-32(45)29(42(10)11)19-24(4)49-37/h12-16,22-27,29,32-35,37,45H,17-21H2,1-11H3/t23-,24+,25+,26+,27-,29-,32?,33?,34-,35-,37-,39+,40+/m1/s1. The average Bonchev–Trinajstić information content (AvgIpc) is 3.21. The summed E-state index contributed by atoms with van der Waals surface area (Å²) in [7, 11) is 3.82. The number of aliphatic hydroxyl groups excluding tert-OH is 1. The number of aliphatic hydroxyl groups is 1. The topological polar surface area (TPSA) is 136 Å². The summed E-state index contributed by atoms with van der Waals surface area (Å²) >= 11 is 0. The maximum absolute atomic E-state index is 14.5. The second-order valence-corrected chi connectivity index (χ2v) is 16.6. The van der Waals surface area contributed by atoms with Gasteiger partial charge in [-0.3, -0.25) is 19.5 Å². The summed E-state index contributed by atoms with van der Waals surface area (Å²) in [6.45, 7) is 18.0. The third kappa shape index (κ3) is 7.83. The molecule has 290 valence electrons. The second-order valence-electron chi connectivity index (χ2n) is 16.6. The van der Waals surface area contributed by atoms with Gasteiger partial charge in [-0.05, 0) is 72.0 Å². The van der Waals surface area contributed by atoms with Crippen molar-refractivity contribution in [2.45, 2.75) is 136 Å². The van der Waals surface area contributed by atoms with Crippen LogP contribution in [0.1, 0.15) is 80.7 Å². The van der Waals surface area contributed by atoms with Gasteiger partial charge in [-0.25, -0.2) is 4.79 Å². The van der Waals surface area contributed by atoms with Crippen molar-refractivity contribution in [2.24, 2.45) is 34.6 Å². The number of carbonyl (C=O) groups is 3. The number of esters is 1. The Labute approximate surface area is 309 Å². The normalized spacial score (nSPS) is 40.6. The Morgan fingerprint density at radius 3 is 2.35 bits per heavy atom. The van der Waals surface area contributed by atoms with Crippen LogP contribution in [0, 0.1) is 29.6 Å². The van der Waals surface area contributed by atoms with Crippen LogP contribution in [0.15, 0.2) is 35.3 Å². The molecule has 0 aliphatic carbocycles. The number of cyclic esters (lactones) is 1. The van der Waals surface area contributed by atoms with Crippen LogP contribution in [0.25, 0.3) is 0 Å². The van der Waals surface area contributed by atoms with Gasteiger partial charge in [0.15, 0.2) is 17.7 Å². The lowest BCUT2D eigenvalue weighted by molar-refractivity contribution is -0.298. The number of ether oxygens (including phenoxy) is 5. The fraction of sp³-hybridized carbons (Fsp3) is 0.750. The first-order valence-corrected chi connectivity index (χ1v) is 19.0. The Bertz CT molecular complexity index is 1470. The van der Waals surface area contributed by atoms with Crippen molar-refractivity contribution >= 4 is 23.6 Å². The summed E-state index contributed by atoms with van der Waals surface area (Å²) in [5.74, 6) is -3.85. The van der Waals surface area contributed by atoms with Gasteiger partial charge in [-0.15, -0.1) is 0 Å². The zero-order chi connectivity index (χ0) is 38.3. The van der Waals surface area contributed by atoms with Gasteiger partial charge in [-0.2, -0.15) is 0 Å². The summed E-state index contributed by atoms with van der Waals surface area (Å²) < 4.78 is 32.4. The van der Waals surface area contributed by atoms with Crippen molar-refractivity contribution < 1.29 is 43.2 Å². The molecule has 1 amide bonds. The number of rotatable bonds is 7. The highest BCUT2D eigenvalue weighted by molar-refractivity contribution is 6.00. The summed E-state index contributed by atoms with van der Waals surface area (Å²) in [6, 6.07) is 9.06. The number of hydrogen-bond donors (Lipinski definition) is 1. The number of aliphatic imine (C=N–C) groups is 1. The second kappa shape index (κ2) is 15.8. The quantitative estimate of drug-likeness (QED) is 0.306. The molecule has 12 heteroatoms. The van der Waals surface area contributed by atoms with Crippen molar-refractivity contribution in [1.82, 2.24) is 9.80 Å². The van der Waals surface area contributed by atoms with E-state index < -0.39 is 71.5 Å². The molecule has 5 rings (SSSR count). The molecule has 2 bridgehead atoms. The number of hydrogen-bond acceptors (Lipinski definition) is 11. The van der Waals surface area contributed by atoms with E-state index >= 15 is 0 Å². The van der Waals surface area contributed by atoms with Crippen LogP contribution in [0.4, 0.5) is 4.79 Å². The van der Waals surface area contributed by atoms with E-state index in [2.05, 4.69) is 13.8 Å². The molecule has 0 aromatic heterocycles. The molecule has 4 aliphatic rings. The van der Waals surface area contributed by atoms with Crippen LogP contribution in [0.2, 0.25) is 0 Å². The van der Waals surface area contributed by atoms with Crippen LogP contribution in [-0.2, 0) is 39.9 Å².